The number of hydrogen-bond acceptors (Lipinski definition) is 3. The predicted octanol–water partition coefficient (Wildman–Crippen LogP) is 3.85. The molecule has 4 nitrogen and oxygen atoms in total. The summed E-state index contributed by atoms with van der Waals surface area (Å²) in [5.74, 6) is 0.857. The van der Waals surface area contributed by atoms with E-state index in [2.05, 4.69) is 17.3 Å². The first-order valence-corrected chi connectivity index (χ1v) is 8.91. The fourth-order valence-electron chi connectivity index (χ4n) is 3.24. The molecule has 0 saturated carbocycles. The van der Waals surface area contributed by atoms with Crippen LogP contribution in [0.1, 0.15) is 18.0 Å². The molecule has 0 fully saturated rings. The summed E-state index contributed by atoms with van der Waals surface area (Å²) in [6.45, 7) is 0. The lowest BCUT2D eigenvalue weighted by Crippen LogP contribution is -2.28. The number of fused-ring (bicyclic) bond motifs is 1. The number of hydrogen-bond donors (Lipinski definition) is 1. The van der Waals surface area contributed by atoms with Gasteiger partial charge in [0.2, 0.25) is 0 Å². The van der Waals surface area contributed by atoms with Crippen LogP contribution in [-0.4, -0.2) is 22.3 Å². The molecular weight excluding hydrogens is 371 g/mol. The van der Waals surface area contributed by atoms with Crippen molar-refractivity contribution in [3.63, 3.8) is 0 Å². The van der Waals surface area contributed by atoms with Crippen molar-refractivity contribution < 1.29 is 9.94 Å². The Balaban J connectivity index is 1.73. The maximum Gasteiger partial charge on any atom is 0.119 e. The predicted molar refractivity (Wildman–Crippen MR) is 103 cm³/mol. The summed E-state index contributed by atoms with van der Waals surface area (Å²) in [7, 11) is 1.66. The molecule has 1 heterocycles. The Morgan fingerprint density at radius 1 is 1.08 bits per heavy atom. The molecule has 0 aliphatic heterocycles. The van der Waals surface area contributed by atoms with Crippen LogP contribution in [0.15, 0.2) is 42.5 Å². The van der Waals surface area contributed by atoms with E-state index in [1.165, 1.54) is 0 Å². The molecule has 0 saturated heterocycles. The number of benzene rings is 2. The Labute approximate surface area is 160 Å². The summed E-state index contributed by atoms with van der Waals surface area (Å²) in [6.07, 6.45) is 5.04. The van der Waals surface area contributed by atoms with Crippen LogP contribution in [0.3, 0.4) is 0 Å². The van der Waals surface area contributed by atoms with Gasteiger partial charge in [0.25, 0.3) is 0 Å². The van der Waals surface area contributed by atoms with Crippen molar-refractivity contribution in [2.45, 2.75) is 12.3 Å². The lowest BCUT2D eigenvalue weighted by molar-refractivity contribution is 0.139. The van der Waals surface area contributed by atoms with Crippen molar-refractivity contribution in [3.8, 4) is 17.0 Å². The van der Waals surface area contributed by atoms with Gasteiger partial charge in [-0.25, -0.2) is 0 Å². The van der Waals surface area contributed by atoms with E-state index in [-0.39, 0.29) is 5.92 Å². The molecule has 0 amide bonds. The zero-order valence-electron chi connectivity index (χ0n) is 14.0. The van der Waals surface area contributed by atoms with Crippen LogP contribution in [0.5, 0.6) is 5.75 Å². The lowest BCUT2D eigenvalue weighted by atomic mass is 9.94. The molecule has 1 unspecified atom stereocenters. The van der Waals surface area contributed by atoms with Crippen molar-refractivity contribution in [1.82, 2.24) is 9.94 Å². The second kappa shape index (κ2) is 6.71. The third-order valence-electron chi connectivity index (χ3n) is 4.52. The van der Waals surface area contributed by atoms with Crippen molar-refractivity contribution in [1.29, 1.82) is 0 Å². The van der Waals surface area contributed by atoms with Crippen molar-refractivity contribution >= 4 is 35.4 Å². The molecule has 1 aliphatic carbocycles. The highest BCUT2D eigenvalue weighted by Crippen LogP contribution is 2.30. The quantitative estimate of drug-likeness (QED) is 0.695. The maximum atomic E-state index is 10.3. The summed E-state index contributed by atoms with van der Waals surface area (Å²) in [6, 6.07) is 13.0. The molecule has 1 aromatic heterocycles. The van der Waals surface area contributed by atoms with Crippen LogP contribution in [0.2, 0.25) is 10.0 Å². The molecule has 2 aromatic carbocycles. The molecular formula is C20H16Cl2N2O2. The average Bonchev–Trinajstić information content (AvgIpc) is 3.02. The SMILES string of the molecule is COc1ccc2c(c1)=CCC(c1cc(-c3cc(Cl)cc(Cl)c3)nn1O)C=2. The van der Waals surface area contributed by atoms with Crippen LogP contribution >= 0.6 is 23.2 Å². The Morgan fingerprint density at radius 3 is 2.58 bits per heavy atom. The smallest absolute Gasteiger partial charge is 0.119 e. The van der Waals surface area contributed by atoms with Gasteiger partial charge >= 0.3 is 0 Å². The van der Waals surface area contributed by atoms with E-state index in [1.54, 1.807) is 25.3 Å². The maximum absolute atomic E-state index is 10.3. The van der Waals surface area contributed by atoms with Crippen LogP contribution in [-0.2, 0) is 0 Å². The van der Waals surface area contributed by atoms with Gasteiger partial charge in [0.05, 0.1) is 18.5 Å². The van der Waals surface area contributed by atoms with Gasteiger partial charge in [0.15, 0.2) is 0 Å². The molecule has 0 spiro atoms. The number of rotatable bonds is 3. The topological polar surface area (TPSA) is 47.3 Å². The van der Waals surface area contributed by atoms with E-state index in [9.17, 15) is 5.21 Å². The minimum Gasteiger partial charge on any atom is -0.497 e. The highest BCUT2D eigenvalue weighted by atomic mass is 35.5. The highest BCUT2D eigenvalue weighted by molar-refractivity contribution is 6.35. The van der Waals surface area contributed by atoms with E-state index in [4.69, 9.17) is 27.9 Å². The van der Waals surface area contributed by atoms with E-state index in [1.807, 2.05) is 24.3 Å². The fraction of sp³-hybridized carbons (Fsp3) is 0.150. The number of ether oxygens (including phenoxy) is 1. The van der Waals surface area contributed by atoms with Gasteiger partial charge < -0.3 is 9.94 Å². The first kappa shape index (κ1) is 17.0. The zero-order chi connectivity index (χ0) is 18.3. The molecule has 1 aliphatic rings. The molecule has 26 heavy (non-hydrogen) atoms. The second-order valence-electron chi connectivity index (χ2n) is 6.21. The molecule has 4 rings (SSSR count). The summed E-state index contributed by atoms with van der Waals surface area (Å²) in [5, 5.41) is 17.8. The molecule has 6 heteroatoms. The lowest BCUT2D eigenvalue weighted by Gasteiger charge is -2.13. The van der Waals surface area contributed by atoms with Gasteiger partial charge in [-0.05, 0) is 53.3 Å². The van der Waals surface area contributed by atoms with Gasteiger partial charge in [0.1, 0.15) is 5.75 Å². The average molecular weight is 387 g/mol. The molecule has 0 bridgehead atoms. The first-order chi connectivity index (χ1) is 12.5. The summed E-state index contributed by atoms with van der Waals surface area (Å²) < 4.78 is 5.27. The van der Waals surface area contributed by atoms with Crippen LogP contribution in [0, 0.1) is 0 Å². The Bertz CT molecular complexity index is 1090. The molecule has 3 aromatic rings. The Kier molecular flexibility index (Phi) is 4.39. The summed E-state index contributed by atoms with van der Waals surface area (Å²) in [4.78, 5) is 0.938. The van der Waals surface area contributed by atoms with Crippen LogP contribution in [0.4, 0.5) is 0 Å². The largest absolute Gasteiger partial charge is 0.497 e. The number of methoxy groups -OCH3 is 1. The van der Waals surface area contributed by atoms with Gasteiger partial charge in [-0.1, -0.05) is 41.4 Å². The fourth-order valence-corrected chi connectivity index (χ4v) is 3.76. The zero-order valence-corrected chi connectivity index (χ0v) is 15.5. The third-order valence-corrected chi connectivity index (χ3v) is 4.96. The minimum absolute atomic E-state index is 0.0248. The number of aromatic nitrogens is 2. The van der Waals surface area contributed by atoms with Gasteiger partial charge in [-0.15, -0.1) is 9.94 Å². The molecule has 1 N–H and O–H groups in total. The monoisotopic (exact) mass is 386 g/mol. The van der Waals surface area contributed by atoms with Gasteiger partial charge in [-0.3, -0.25) is 0 Å². The summed E-state index contributed by atoms with van der Waals surface area (Å²) >= 11 is 12.1. The standard InChI is InChI=1S/C20H16Cl2N2O2/c1-26-18-5-4-12-6-14(3-2-13(12)9-18)20-11-19(23-24(20)25)15-7-16(21)10-17(22)8-15/h2,4-11,14,25H,3H2,1H3. The first-order valence-electron chi connectivity index (χ1n) is 8.15. The summed E-state index contributed by atoms with van der Waals surface area (Å²) in [5.41, 5.74) is 2.11. The van der Waals surface area contributed by atoms with Gasteiger partial charge in [-0.2, -0.15) is 0 Å². The van der Waals surface area contributed by atoms with Crippen molar-refractivity contribution in [2.75, 3.05) is 7.11 Å². The second-order valence-corrected chi connectivity index (χ2v) is 7.08. The molecule has 1 atom stereocenters. The number of halogens is 2. The van der Waals surface area contributed by atoms with Crippen LogP contribution in [0.25, 0.3) is 23.4 Å². The van der Waals surface area contributed by atoms with Gasteiger partial charge in [0, 0.05) is 21.5 Å². The highest BCUT2D eigenvalue weighted by Gasteiger charge is 2.19. The van der Waals surface area contributed by atoms with Crippen molar-refractivity contribution in [2.24, 2.45) is 0 Å². The van der Waals surface area contributed by atoms with E-state index < -0.39 is 0 Å². The Morgan fingerprint density at radius 2 is 1.85 bits per heavy atom. The number of nitrogens with zero attached hydrogens (tertiary/aromatic N) is 2. The third kappa shape index (κ3) is 3.18. The van der Waals surface area contributed by atoms with Crippen LogP contribution < -0.4 is 15.2 Å². The Hall–Kier alpha value is -2.43. The van der Waals surface area contributed by atoms with E-state index in [0.717, 1.165) is 33.0 Å². The normalized spacial score (nSPS) is 15.7. The molecule has 132 valence electrons. The minimum atomic E-state index is 0.0248. The molecule has 0 radical (unpaired) electrons. The van der Waals surface area contributed by atoms with E-state index in [0.29, 0.717) is 21.4 Å². The van der Waals surface area contributed by atoms with E-state index >= 15 is 0 Å². The van der Waals surface area contributed by atoms with Crippen molar-refractivity contribution in [3.05, 3.63) is 68.6 Å².